The molecule has 0 radical (unpaired) electrons. The molecule has 0 N–H and O–H groups in total. The SMILES string of the molecule is CCCCC(C(=O)c1ccc(C)cc1)N(C)C. The first-order valence-electron chi connectivity index (χ1n) is 6.33. The second-order valence-electron chi connectivity index (χ2n) is 4.85. The van der Waals surface area contributed by atoms with E-state index in [1.807, 2.05) is 50.2 Å². The molecule has 1 atom stereocenters. The van der Waals surface area contributed by atoms with Gasteiger partial charge in [0.05, 0.1) is 6.04 Å². The van der Waals surface area contributed by atoms with Crippen molar-refractivity contribution >= 4 is 5.78 Å². The van der Waals surface area contributed by atoms with Crippen LogP contribution in [0.2, 0.25) is 0 Å². The standard InChI is InChI=1S/C15H23NO/c1-5-6-7-14(16(3)4)15(17)13-10-8-12(2)9-11-13/h8-11,14H,5-7H2,1-4H3. The Morgan fingerprint density at radius 2 is 1.82 bits per heavy atom. The highest BCUT2D eigenvalue weighted by Gasteiger charge is 2.21. The van der Waals surface area contributed by atoms with Gasteiger partial charge in [-0.15, -0.1) is 0 Å². The van der Waals surface area contributed by atoms with E-state index in [0.717, 1.165) is 24.8 Å². The highest BCUT2D eigenvalue weighted by atomic mass is 16.1. The third-order valence-electron chi connectivity index (χ3n) is 3.09. The quantitative estimate of drug-likeness (QED) is 0.703. The van der Waals surface area contributed by atoms with Crippen LogP contribution >= 0.6 is 0 Å². The molecule has 0 amide bonds. The topological polar surface area (TPSA) is 20.3 Å². The second-order valence-corrected chi connectivity index (χ2v) is 4.85. The average molecular weight is 233 g/mol. The molecule has 2 heteroatoms. The molecule has 0 aliphatic carbocycles. The predicted octanol–water partition coefficient (Wildman–Crippen LogP) is 3.30. The van der Waals surface area contributed by atoms with E-state index in [9.17, 15) is 4.79 Å². The normalized spacial score (nSPS) is 12.8. The summed E-state index contributed by atoms with van der Waals surface area (Å²) in [5.74, 6) is 0.239. The van der Waals surface area contributed by atoms with Gasteiger partial charge in [0.15, 0.2) is 5.78 Å². The Morgan fingerprint density at radius 3 is 2.29 bits per heavy atom. The molecule has 0 saturated heterocycles. The van der Waals surface area contributed by atoms with Crippen LogP contribution in [0.3, 0.4) is 0 Å². The van der Waals surface area contributed by atoms with Crippen LogP contribution in [-0.2, 0) is 0 Å². The Labute approximate surface area is 105 Å². The van der Waals surface area contributed by atoms with Crippen molar-refractivity contribution < 1.29 is 4.79 Å². The maximum absolute atomic E-state index is 12.4. The van der Waals surface area contributed by atoms with Crippen molar-refractivity contribution in [2.24, 2.45) is 0 Å². The van der Waals surface area contributed by atoms with Crippen LogP contribution in [0.1, 0.15) is 42.1 Å². The van der Waals surface area contributed by atoms with E-state index < -0.39 is 0 Å². The van der Waals surface area contributed by atoms with Crippen molar-refractivity contribution in [2.75, 3.05) is 14.1 Å². The van der Waals surface area contributed by atoms with E-state index in [2.05, 4.69) is 6.92 Å². The largest absolute Gasteiger partial charge is 0.299 e. The summed E-state index contributed by atoms with van der Waals surface area (Å²) >= 11 is 0. The molecule has 0 aliphatic heterocycles. The summed E-state index contributed by atoms with van der Waals surface area (Å²) in [7, 11) is 3.96. The lowest BCUT2D eigenvalue weighted by Crippen LogP contribution is -2.35. The molecular weight excluding hydrogens is 210 g/mol. The van der Waals surface area contributed by atoms with Gasteiger partial charge >= 0.3 is 0 Å². The number of carbonyl (C=O) groups is 1. The van der Waals surface area contributed by atoms with Crippen LogP contribution < -0.4 is 0 Å². The monoisotopic (exact) mass is 233 g/mol. The Morgan fingerprint density at radius 1 is 1.24 bits per heavy atom. The van der Waals surface area contributed by atoms with Gasteiger partial charge in [-0.1, -0.05) is 49.6 Å². The number of hydrogen-bond acceptors (Lipinski definition) is 2. The minimum Gasteiger partial charge on any atom is -0.299 e. The molecule has 1 aromatic rings. The van der Waals surface area contributed by atoms with E-state index in [4.69, 9.17) is 0 Å². The molecule has 0 spiro atoms. The molecule has 0 aliphatic rings. The van der Waals surface area contributed by atoms with Gasteiger partial charge in [0.25, 0.3) is 0 Å². The molecule has 1 aromatic carbocycles. The van der Waals surface area contributed by atoms with E-state index in [1.54, 1.807) is 0 Å². The zero-order valence-electron chi connectivity index (χ0n) is 11.4. The smallest absolute Gasteiger partial charge is 0.179 e. The van der Waals surface area contributed by atoms with E-state index >= 15 is 0 Å². The number of aryl methyl sites for hydroxylation is 1. The van der Waals surface area contributed by atoms with Crippen molar-refractivity contribution in [3.63, 3.8) is 0 Å². The van der Waals surface area contributed by atoms with Crippen LogP contribution in [0.4, 0.5) is 0 Å². The Hall–Kier alpha value is -1.15. The zero-order chi connectivity index (χ0) is 12.8. The summed E-state index contributed by atoms with van der Waals surface area (Å²) in [6, 6.07) is 7.87. The lowest BCUT2D eigenvalue weighted by molar-refractivity contribution is 0.0864. The Kier molecular flexibility index (Phi) is 5.36. The highest BCUT2D eigenvalue weighted by Crippen LogP contribution is 2.13. The van der Waals surface area contributed by atoms with E-state index in [0.29, 0.717) is 0 Å². The van der Waals surface area contributed by atoms with Crippen LogP contribution in [0, 0.1) is 6.92 Å². The summed E-state index contributed by atoms with van der Waals surface area (Å²) in [5.41, 5.74) is 2.02. The summed E-state index contributed by atoms with van der Waals surface area (Å²) in [5, 5.41) is 0. The summed E-state index contributed by atoms with van der Waals surface area (Å²) < 4.78 is 0. The number of carbonyl (C=O) groups excluding carboxylic acids is 1. The third-order valence-corrected chi connectivity index (χ3v) is 3.09. The molecule has 94 valence electrons. The van der Waals surface area contributed by atoms with Gasteiger partial charge in [0.2, 0.25) is 0 Å². The summed E-state index contributed by atoms with van der Waals surface area (Å²) in [6.07, 6.45) is 3.17. The summed E-state index contributed by atoms with van der Waals surface area (Å²) in [6.45, 7) is 4.19. The second kappa shape index (κ2) is 6.55. The molecule has 17 heavy (non-hydrogen) atoms. The first-order chi connectivity index (χ1) is 8.06. The van der Waals surface area contributed by atoms with E-state index in [1.165, 1.54) is 5.56 Å². The maximum Gasteiger partial charge on any atom is 0.179 e. The molecule has 0 aromatic heterocycles. The van der Waals surface area contributed by atoms with Gasteiger partial charge in [-0.3, -0.25) is 9.69 Å². The van der Waals surface area contributed by atoms with Crippen molar-refractivity contribution in [3.05, 3.63) is 35.4 Å². The van der Waals surface area contributed by atoms with Gasteiger partial charge < -0.3 is 0 Å². The zero-order valence-corrected chi connectivity index (χ0v) is 11.4. The van der Waals surface area contributed by atoms with Gasteiger partial charge in [0, 0.05) is 5.56 Å². The molecule has 0 heterocycles. The van der Waals surface area contributed by atoms with Crippen molar-refractivity contribution in [3.8, 4) is 0 Å². The maximum atomic E-state index is 12.4. The van der Waals surface area contributed by atoms with Crippen molar-refractivity contribution in [1.29, 1.82) is 0 Å². The number of likely N-dealkylation sites (N-methyl/N-ethyl adjacent to an activating group) is 1. The van der Waals surface area contributed by atoms with Crippen LogP contribution in [0.15, 0.2) is 24.3 Å². The first-order valence-corrected chi connectivity index (χ1v) is 6.33. The lowest BCUT2D eigenvalue weighted by atomic mass is 9.98. The van der Waals surface area contributed by atoms with Gasteiger partial charge in [-0.05, 0) is 27.4 Å². The molecule has 1 rings (SSSR count). The minimum absolute atomic E-state index is 0.0117. The number of rotatable bonds is 6. The van der Waals surface area contributed by atoms with Gasteiger partial charge in [-0.25, -0.2) is 0 Å². The van der Waals surface area contributed by atoms with Crippen molar-refractivity contribution in [1.82, 2.24) is 4.90 Å². The molecule has 0 bridgehead atoms. The molecule has 1 unspecified atom stereocenters. The lowest BCUT2D eigenvalue weighted by Gasteiger charge is -2.23. The van der Waals surface area contributed by atoms with Crippen LogP contribution in [-0.4, -0.2) is 30.8 Å². The molecule has 0 fully saturated rings. The Bertz CT molecular complexity index is 354. The van der Waals surface area contributed by atoms with Crippen LogP contribution in [0.25, 0.3) is 0 Å². The Balaban J connectivity index is 2.80. The highest BCUT2D eigenvalue weighted by molar-refractivity contribution is 6.00. The number of benzene rings is 1. The fraction of sp³-hybridized carbons (Fsp3) is 0.533. The molecule has 0 saturated carbocycles. The van der Waals surface area contributed by atoms with Crippen molar-refractivity contribution in [2.45, 2.75) is 39.2 Å². The first kappa shape index (κ1) is 13.9. The van der Waals surface area contributed by atoms with Gasteiger partial charge in [-0.2, -0.15) is 0 Å². The third kappa shape index (κ3) is 3.97. The average Bonchev–Trinajstić information content (AvgIpc) is 2.29. The minimum atomic E-state index is 0.0117. The number of hydrogen-bond donors (Lipinski definition) is 0. The number of Topliss-reactive ketones (excluding diaryl/α,β-unsaturated/α-hetero) is 1. The molecule has 2 nitrogen and oxygen atoms in total. The molecular formula is C15H23NO. The number of ketones is 1. The predicted molar refractivity (Wildman–Crippen MR) is 72.5 cm³/mol. The van der Waals surface area contributed by atoms with E-state index in [-0.39, 0.29) is 11.8 Å². The number of unbranched alkanes of at least 4 members (excludes halogenated alkanes) is 1. The van der Waals surface area contributed by atoms with Gasteiger partial charge in [0.1, 0.15) is 0 Å². The number of nitrogens with zero attached hydrogens (tertiary/aromatic N) is 1. The summed E-state index contributed by atoms with van der Waals surface area (Å²) in [4.78, 5) is 14.4. The fourth-order valence-electron chi connectivity index (χ4n) is 1.93. The fourth-order valence-corrected chi connectivity index (χ4v) is 1.93. The van der Waals surface area contributed by atoms with Crippen LogP contribution in [0.5, 0.6) is 0 Å².